The van der Waals surface area contributed by atoms with Crippen LogP contribution in [0, 0.1) is 0 Å². The topological polar surface area (TPSA) is 37.3 Å². The molecule has 0 aliphatic heterocycles. The van der Waals surface area contributed by atoms with Crippen molar-refractivity contribution in [3.8, 4) is 0 Å². The lowest BCUT2D eigenvalue weighted by molar-refractivity contribution is -0.111. The second-order valence-electron chi connectivity index (χ2n) is 2.82. The third kappa shape index (κ3) is 9.19. The average Bonchev–Trinajstić information content (AvgIpc) is 2.20. The molecule has 0 aliphatic carbocycles. The molecule has 1 aromatic rings. The number of aliphatic hydroxyl groups excluding tert-OH is 1. The van der Waals surface area contributed by atoms with Crippen LogP contribution < -0.4 is 0 Å². The zero-order valence-electron chi connectivity index (χ0n) is 8.53. The van der Waals surface area contributed by atoms with E-state index in [1.54, 1.807) is 6.08 Å². The Balaban J connectivity index is 0.000000336. The van der Waals surface area contributed by atoms with Gasteiger partial charge in [0.25, 0.3) is 0 Å². The maximum Gasteiger partial charge on any atom is 0.226 e. The summed E-state index contributed by atoms with van der Waals surface area (Å²) in [5.74, 6) is 0. The van der Waals surface area contributed by atoms with Crippen LogP contribution in [0.3, 0.4) is 0 Å². The van der Waals surface area contributed by atoms with Gasteiger partial charge in [0.1, 0.15) is 0 Å². The minimum absolute atomic E-state index is 0.226. The van der Waals surface area contributed by atoms with Crippen molar-refractivity contribution >= 4 is 16.8 Å². The van der Waals surface area contributed by atoms with Crippen molar-refractivity contribution in [2.24, 2.45) is 0 Å². The molecule has 0 unspecified atom stereocenters. The highest BCUT2D eigenvalue weighted by Crippen LogP contribution is 2.00. The van der Waals surface area contributed by atoms with Crippen molar-refractivity contribution in [1.82, 2.24) is 0 Å². The molecule has 3 heteroatoms. The minimum atomic E-state index is -0.314. The number of benzene rings is 1. The fourth-order valence-electron chi connectivity index (χ4n) is 0.848. The third-order valence-electron chi connectivity index (χ3n) is 1.52. The lowest BCUT2D eigenvalue weighted by atomic mass is 10.2. The second-order valence-corrected chi connectivity index (χ2v) is 3.24. The summed E-state index contributed by atoms with van der Waals surface area (Å²) in [6.07, 6.45) is 2.71. The maximum atomic E-state index is 10.4. The summed E-state index contributed by atoms with van der Waals surface area (Å²) in [6.45, 7) is 3.62. The molecule has 0 amide bonds. The molecule has 1 N–H and O–H groups in total. The van der Waals surface area contributed by atoms with Crippen molar-refractivity contribution < 1.29 is 9.90 Å². The summed E-state index contributed by atoms with van der Waals surface area (Å²) in [5.41, 5.74) is 0.961. The van der Waals surface area contributed by atoms with E-state index in [4.69, 9.17) is 16.7 Å². The maximum absolute atomic E-state index is 10.4. The highest BCUT2D eigenvalue weighted by Gasteiger charge is 1.95. The molecule has 82 valence electrons. The predicted molar refractivity (Wildman–Crippen MR) is 62.9 cm³/mol. The van der Waals surface area contributed by atoms with Crippen LogP contribution in [0.2, 0.25) is 0 Å². The van der Waals surface area contributed by atoms with E-state index in [1.807, 2.05) is 30.3 Å². The Bertz CT molecular complexity index is 283. The van der Waals surface area contributed by atoms with Crippen molar-refractivity contribution in [2.45, 2.75) is 12.8 Å². The van der Waals surface area contributed by atoms with E-state index >= 15 is 0 Å². The van der Waals surface area contributed by atoms with Crippen LogP contribution in [0.15, 0.2) is 43.0 Å². The zero-order chi connectivity index (χ0) is 11.5. The van der Waals surface area contributed by atoms with E-state index < -0.39 is 0 Å². The molecule has 2 nitrogen and oxygen atoms in total. The molecule has 0 aliphatic rings. The monoisotopic (exact) mass is 226 g/mol. The van der Waals surface area contributed by atoms with Gasteiger partial charge in [-0.25, -0.2) is 0 Å². The van der Waals surface area contributed by atoms with Gasteiger partial charge in [0.2, 0.25) is 5.24 Å². The summed E-state index contributed by atoms with van der Waals surface area (Å²) in [7, 11) is 0. The fourth-order valence-corrected chi connectivity index (χ4v) is 1.00. The van der Waals surface area contributed by atoms with Gasteiger partial charge < -0.3 is 5.11 Å². The van der Waals surface area contributed by atoms with Gasteiger partial charge in [0.05, 0.1) is 0 Å². The molecule has 0 radical (unpaired) electrons. The summed E-state index contributed by atoms with van der Waals surface area (Å²) in [5, 5.41) is 7.68. The standard InChI is InChI=1S/C8H7ClO.C4H8O/c9-8(10)6-7-4-2-1-3-5-7;1-2-3-4-5/h1-5H,6H2;2,5H,1,3-4H2. The third-order valence-corrected chi connectivity index (χ3v) is 1.65. The Morgan fingerprint density at radius 3 is 2.33 bits per heavy atom. The highest BCUT2D eigenvalue weighted by molar-refractivity contribution is 6.63. The molecular formula is C12H15ClO2. The minimum Gasteiger partial charge on any atom is -0.396 e. The van der Waals surface area contributed by atoms with Gasteiger partial charge >= 0.3 is 0 Å². The molecule has 0 aromatic heterocycles. The van der Waals surface area contributed by atoms with Crippen LogP contribution in [0.25, 0.3) is 0 Å². The van der Waals surface area contributed by atoms with Crippen LogP contribution in [-0.4, -0.2) is 17.0 Å². The summed E-state index contributed by atoms with van der Waals surface area (Å²) in [4.78, 5) is 10.4. The highest BCUT2D eigenvalue weighted by atomic mass is 35.5. The molecule has 15 heavy (non-hydrogen) atoms. The fraction of sp³-hybridized carbons (Fsp3) is 0.250. The number of carbonyl (C=O) groups is 1. The summed E-state index contributed by atoms with van der Waals surface area (Å²) < 4.78 is 0. The number of hydrogen-bond donors (Lipinski definition) is 1. The van der Waals surface area contributed by atoms with E-state index in [9.17, 15) is 4.79 Å². The second kappa shape index (κ2) is 9.44. The van der Waals surface area contributed by atoms with Gasteiger partial charge in [-0.2, -0.15) is 0 Å². The van der Waals surface area contributed by atoms with Gasteiger partial charge in [0, 0.05) is 13.0 Å². The van der Waals surface area contributed by atoms with Crippen LogP contribution in [0.1, 0.15) is 12.0 Å². The Kier molecular flexibility index (Phi) is 8.73. The Labute approximate surface area is 95.2 Å². The Morgan fingerprint density at radius 1 is 1.40 bits per heavy atom. The first-order valence-electron chi connectivity index (χ1n) is 4.64. The van der Waals surface area contributed by atoms with Gasteiger partial charge in [0.15, 0.2) is 0 Å². The lowest BCUT2D eigenvalue weighted by Gasteiger charge is -1.92. The summed E-state index contributed by atoms with van der Waals surface area (Å²) >= 11 is 5.17. The van der Waals surface area contributed by atoms with E-state index in [1.165, 1.54) is 0 Å². The van der Waals surface area contributed by atoms with Gasteiger partial charge in [-0.3, -0.25) is 4.79 Å². The molecule has 1 rings (SSSR count). The van der Waals surface area contributed by atoms with Gasteiger partial charge in [-0.1, -0.05) is 36.4 Å². The number of hydrogen-bond acceptors (Lipinski definition) is 2. The largest absolute Gasteiger partial charge is 0.396 e. The first-order chi connectivity index (χ1) is 7.20. The average molecular weight is 227 g/mol. The van der Waals surface area contributed by atoms with Crippen LogP contribution in [0.4, 0.5) is 0 Å². The number of rotatable bonds is 4. The predicted octanol–water partition coefficient (Wildman–Crippen LogP) is 2.55. The first-order valence-corrected chi connectivity index (χ1v) is 5.02. The van der Waals surface area contributed by atoms with Crippen LogP contribution in [-0.2, 0) is 11.2 Å². The smallest absolute Gasteiger partial charge is 0.226 e. The first kappa shape index (κ1) is 13.9. The Morgan fingerprint density at radius 2 is 2.00 bits per heavy atom. The SMILES string of the molecule is C=CCCO.O=C(Cl)Cc1ccccc1. The van der Waals surface area contributed by atoms with Gasteiger partial charge in [-0.05, 0) is 23.6 Å². The Hall–Kier alpha value is -1.12. The zero-order valence-corrected chi connectivity index (χ0v) is 9.28. The molecule has 0 saturated carbocycles. The molecular weight excluding hydrogens is 212 g/mol. The number of aliphatic hydroxyl groups is 1. The van der Waals surface area contributed by atoms with E-state index in [2.05, 4.69) is 6.58 Å². The lowest BCUT2D eigenvalue weighted by Crippen LogP contribution is -1.91. The molecule has 0 fully saturated rings. The van der Waals surface area contributed by atoms with Crippen molar-refractivity contribution in [3.05, 3.63) is 48.6 Å². The normalized spacial score (nSPS) is 8.67. The van der Waals surface area contributed by atoms with E-state index in [0.29, 0.717) is 12.8 Å². The molecule has 0 saturated heterocycles. The van der Waals surface area contributed by atoms with Crippen molar-refractivity contribution in [2.75, 3.05) is 6.61 Å². The van der Waals surface area contributed by atoms with E-state index in [0.717, 1.165) is 5.56 Å². The van der Waals surface area contributed by atoms with Crippen LogP contribution >= 0.6 is 11.6 Å². The summed E-state index contributed by atoms with van der Waals surface area (Å²) in [6, 6.07) is 9.42. The van der Waals surface area contributed by atoms with Crippen molar-refractivity contribution in [3.63, 3.8) is 0 Å². The quantitative estimate of drug-likeness (QED) is 0.633. The number of halogens is 1. The molecule has 0 bridgehead atoms. The molecule has 1 aromatic carbocycles. The van der Waals surface area contributed by atoms with Crippen LogP contribution in [0.5, 0.6) is 0 Å². The molecule has 0 atom stereocenters. The molecule has 0 spiro atoms. The number of carbonyl (C=O) groups excluding carboxylic acids is 1. The van der Waals surface area contributed by atoms with E-state index in [-0.39, 0.29) is 11.8 Å². The van der Waals surface area contributed by atoms with Gasteiger partial charge in [-0.15, -0.1) is 6.58 Å². The molecule has 0 heterocycles. The van der Waals surface area contributed by atoms with Crippen molar-refractivity contribution in [1.29, 1.82) is 0 Å².